The largest absolute Gasteiger partial charge is 0.459 e. The first-order chi connectivity index (χ1) is 13.3. The highest BCUT2D eigenvalue weighted by Crippen LogP contribution is 2.10. The van der Waals surface area contributed by atoms with Gasteiger partial charge in [-0.2, -0.15) is 0 Å². The molecule has 0 bridgehead atoms. The van der Waals surface area contributed by atoms with E-state index in [9.17, 15) is 19.2 Å². The third-order valence-electron chi connectivity index (χ3n) is 3.75. The van der Waals surface area contributed by atoms with E-state index in [4.69, 9.17) is 14.9 Å². The number of rotatable bonds is 8. The average molecular weight is 387 g/mol. The number of amides is 3. The molecular weight excluding hydrogens is 366 g/mol. The molecule has 1 aromatic heterocycles. The van der Waals surface area contributed by atoms with E-state index >= 15 is 0 Å². The van der Waals surface area contributed by atoms with E-state index in [1.807, 2.05) is 0 Å². The summed E-state index contributed by atoms with van der Waals surface area (Å²) in [4.78, 5) is 47.3. The van der Waals surface area contributed by atoms with Crippen LogP contribution in [0.3, 0.4) is 0 Å². The Kier molecular flexibility index (Phi) is 6.91. The van der Waals surface area contributed by atoms with Crippen molar-refractivity contribution in [3.63, 3.8) is 0 Å². The van der Waals surface area contributed by atoms with Gasteiger partial charge in [0.05, 0.1) is 6.26 Å². The minimum Gasteiger partial charge on any atom is -0.459 e. The zero-order valence-corrected chi connectivity index (χ0v) is 15.4. The van der Waals surface area contributed by atoms with Crippen molar-refractivity contribution >= 4 is 29.4 Å². The van der Waals surface area contributed by atoms with Crippen LogP contribution in [0.15, 0.2) is 47.1 Å². The Balaban J connectivity index is 1.88. The molecule has 0 spiro atoms. The monoisotopic (exact) mass is 387 g/mol. The maximum atomic E-state index is 12.3. The molecule has 1 heterocycles. The van der Waals surface area contributed by atoms with Gasteiger partial charge in [-0.05, 0) is 42.3 Å². The normalized spacial score (nSPS) is 11.5. The van der Waals surface area contributed by atoms with Crippen LogP contribution < -0.4 is 16.4 Å². The molecule has 0 aliphatic rings. The SMILES string of the molecule is CC(C)[C@@H](NC(=O)c1ccco1)C(=O)OCC(=O)Nc1ccc(C(N)=O)cc1. The Bertz CT molecular complexity index is 843. The summed E-state index contributed by atoms with van der Waals surface area (Å²) >= 11 is 0. The van der Waals surface area contributed by atoms with Crippen LogP contribution in [0.25, 0.3) is 0 Å². The summed E-state index contributed by atoms with van der Waals surface area (Å²) in [5.74, 6) is -2.65. The fourth-order valence-corrected chi connectivity index (χ4v) is 2.26. The van der Waals surface area contributed by atoms with Crippen LogP contribution in [0.2, 0.25) is 0 Å². The number of furan rings is 1. The molecule has 9 nitrogen and oxygen atoms in total. The van der Waals surface area contributed by atoms with Crippen LogP contribution >= 0.6 is 0 Å². The number of hydrogen-bond acceptors (Lipinski definition) is 6. The molecular formula is C19H21N3O6. The molecule has 148 valence electrons. The number of carbonyl (C=O) groups is 4. The first-order valence-electron chi connectivity index (χ1n) is 8.48. The number of benzene rings is 1. The average Bonchev–Trinajstić information content (AvgIpc) is 3.19. The molecule has 0 radical (unpaired) electrons. The van der Waals surface area contributed by atoms with Crippen molar-refractivity contribution in [2.24, 2.45) is 11.7 Å². The maximum absolute atomic E-state index is 12.3. The molecule has 0 saturated heterocycles. The van der Waals surface area contributed by atoms with E-state index in [2.05, 4.69) is 10.6 Å². The minimum atomic E-state index is -0.944. The third-order valence-corrected chi connectivity index (χ3v) is 3.75. The fourth-order valence-electron chi connectivity index (χ4n) is 2.26. The lowest BCUT2D eigenvalue weighted by molar-refractivity contribution is -0.150. The summed E-state index contributed by atoms with van der Waals surface area (Å²) in [6.07, 6.45) is 1.35. The zero-order valence-electron chi connectivity index (χ0n) is 15.4. The van der Waals surface area contributed by atoms with Crippen LogP contribution in [-0.2, 0) is 14.3 Å². The lowest BCUT2D eigenvalue weighted by atomic mass is 10.0. The topological polar surface area (TPSA) is 141 Å². The van der Waals surface area contributed by atoms with Crippen molar-refractivity contribution in [3.8, 4) is 0 Å². The Hall–Kier alpha value is -3.62. The quantitative estimate of drug-likeness (QED) is 0.583. The fraction of sp³-hybridized carbons (Fsp3) is 0.263. The second-order valence-corrected chi connectivity index (χ2v) is 6.27. The summed E-state index contributed by atoms with van der Waals surface area (Å²) in [5, 5.41) is 5.05. The maximum Gasteiger partial charge on any atom is 0.329 e. The minimum absolute atomic E-state index is 0.0654. The zero-order chi connectivity index (χ0) is 20.7. The van der Waals surface area contributed by atoms with Crippen molar-refractivity contribution in [3.05, 3.63) is 54.0 Å². The predicted molar refractivity (Wildman–Crippen MR) is 99.3 cm³/mol. The predicted octanol–water partition coefficient (Wildman–Crippen LogP) is 1.31. The molecule has 3 amide bonds. The van der Waals surface area contributed by atoms with Gasteiger partial charge in [-0.1, -0.05) is 13.8 Å². The molecule has 1 atom stereocenters. The van der Waals surface area contributed by atoms with E-state index in [1.165, 1.54) is 36.6 Å². The second kappa shape index (κ2) is 9.36. The molecule has 9 heteroatoms. The first-order valence-corrected chi connectivity index (χ1v) is 8.48. The number of esters is 1. The molecule has 0 unspecified atom stereocenters. The molecule has 0 aliphatic carbocycles. The highest BCUT2D eigenvalue weighted by atomic mass is 16.5. The Morgan fingerprint density at radius 1 is 1.11 bits per heavy atom. The van der Waals surface area contributed by atoms with Crippen LogP contribution in [0.5, 0.6) is 0 Å². The van der Waals surface area contributed by atoms with E-state index in [1.54, 1.807) is 19.9 Å². The molecule has 1 aromatic carbocycles. The molecule has 0 aliphatic heterocycles. The van der Waals surface area contributed by atoms with Crippen LogP contribution in [0.1, 0.15) is 34.8 Å². The van der Waals surface area contributed by atoms with Gasteiger partial charge in [0.2, 0.25) is 5.91 Å². The van der Waals surface area contributed by atoms with Gasteiger partial charge in [0.1, 0.15) is 6.04 Å². The van der Waals surface area contributed by atoms with Crippen molar-refractivity contribution in [2.75, 3.05) is 11.9 Å². The Morgan fingerprint density at radius 2 is 1.79 bits per heavy atom. The number of nitrogens with one attached hydrogen (secondary N) is 2. The van der Waals surface area contributed by atoms with E-state index in [0.29, 0.717) is 11.3 Å². The number of nitrogens with two attached hydrogens (primary N) is 1. The molecule has 28 heavy (non-hydrogen) atoms. The van der Waals surface area contributed by atoms with Gasteiger partial charge in [0.15, 0.2) is 12.4 Å². The van der Waals surface area contributed by atoms with Gasteiger partial charge in [-0.3, -0.25) is 14.4 Å². The third kappa shape index (κ3) is 5.70. The van der Waals surface area contributed by atoms with Crippen molar-refractivity contribution in [1.29, 1.82) is 0 Å². The first kappa shape index (κ1) is 20.7. The number of hydrogen-bond donors (Lipinski definition) is 3. The lowest BCUT2D eigenvalue weighted by Gasteiger charge is -2.20. The number of anilines is 1. The number of primary amides is 1. The Morgan fingerprint density at radius 3 is 2.32 bits per heavy atom. The summed E-state index contributed by atoms with van der Waals surface area (Å²) in [5.41, 5.74) is 5.86. The van der Waals surface area contributed by atoms with Crippen molar-refractivity contribution in [2.45, 2.75) is 19.9 Å². The van der Waals surface area contributed by atoms with Crippen LogP contribution in [0, 0.1) is 5.92 Å². The summed E-state index contributed by atoms with van der Waals surface area (Å²) in [6, 6.07) is 8.00. The summed E-state index contributed by atoms with van der Waals surface area (Å²) in [7, 11) is 0. The van der Waals surface area contributed by atoms with Crippen molar-refractivity contribution in [1.82, 2.24) is 5.32 Å². The number of carbonyl (C=O) groups excluding carboxylic acids is 4. The van der Waals surface area contributed by atoms with Gasteiger partial charge in [0.25, 0.3) is 11.8 Å². The van der Waals surface area contributed by atoms with Gasteiger partial charge in [-0.25, -0.2) is 4.79 Å². The summed E-state index contributed by atoms with van der Waals surface area (Å²) < 4.78 is 10.00. The molecule has 4 N–H and O–H groups in total. The Labute approximate surface area is 161 Å². The molecule has 2 aromatic rings. The van der Waals surface area contributed by atoms with E-state index in [-0.39, 0.29) is 11.7 Å². The van der Waals surface area contributed by atoms with Crippen molar-refractivity contribution < 1.29 is 28.3 Å². The van der Waals surface area contributed by atoms with Gasteiger partial charge in [-0.15, -0.1) is 0 Å². The highest BCUT2D eigenvalue weighted by Gasteiger charge is 2.27. The lowest BCUT2D eigenvalue weighted by Crippen LogP contribution is -2.45. The molecule has 2 rings (SSSR count). The van der Waals surface area contributed by atoms with Gasteiger partial charge >= 0.3 is 5.97 Å². The molecule has 0 saturated carbocycles. The highest BCUT2D eigenvalue weighted by molar-refractivity contribution is 5.97. The summed E-state index contributed by atoms with van der Waals surface area (Å²) in [6.45, 7) is 2.93. The standard InChI is InChI=1S/C19H21N3O6/c1-11(2)16(22-18(25)14-4-3-9-27-14)19(26)28-10-15(23)21-13-7-5-12(6-8-13)17(20)24/h3-9,11,16H,10H2,1-2H3,(H2,20,24)(H,21,23)(H,22,25)/t16-/m1/s1. The van der Waals surface area contributed by atoms with E-state index in [0.717, 1.165) is 0 Å². The number of ether oxygens (including phenoxy) is 1. The van der Waals surface area contributed by atoms with Gasteiger partial charge < -0.3 is 25.5 Å². The van der Waals surface area contributed by atoms with Gasteiger partial charge in [0, 0.05) is 11.3 Å². The second-order valence-electron chi connectivity index (χ2n) is 6.27. The van der Waals surface area contributed by atoms with Crippen LogP contribution in [0.4, 0.5) is 5.69 Å². The molecule has 0 fully saturated rings. The smallest absolute Gasteiger partial charge is 0.329 e. The van der Waals surface area contributed by atoms with Crippen LogP contribution in [-0.4, -0.2) is 36.3 Å². The van der Waals surface area contributed by atoms with E-state index < -0.39 is 36.3 Å².